The molecule has 0 aliphatic rings. The van der Waals surface area contributed by atoms with E-state index in [4.69, 9.17) is 5.11 Å². The van der Waals surface area contributed by atoms with E-state index in [1.807, 2.05) is 0 Å². The fourth-order valence-electron chi connectivity index (χ4n) is 3.30. The molecule has 0 aromatic carbocycles. The number of nitrogens with zero attached hydrogens (tertiary/aromatic N) is 2. The molecular formula is C18H23F17N2O6S2. The van der Waals surface area contributed by atoms with Crippen LogP contribution in [0.1, 0.15) is 12.8 Å². The van der Waals surface area contributed by atoms with E-state index < -0.39 is 116 Å². The number of aliphatic hydroxyl groups excluding tert-OH is 1. The van der Waals surface area contributed by atoms with Gasteiger partial charge < -0.3 is 14.1 Å². The summed E-state index contributed by atoms with van der Waals surface area (Å²) in [5.74, 6) is -54.1. The van der Waals surface area contributed by atoms with Crippen LogP contribution >= 0.6 is 0 Å². The summed E-state index contributed by atoms with van der Waals surface area (Å²) in [5, 5.41) is 1.13. The van der Waals surface area contributed by atoms with Gasteiger partial charge in [0.1, 0.15) is 6.54 Å². The van der Waals surface area contributed by atoms with E-state index in [2.05, 4.69) is 0 Å². The highest BCUT2D eigenvalue weighted by molar-refractivity contribution is 7.90. The summed E-state index contributed by atoms with van der Waals surface area (Å²) in [5.41, 5.74) is 0. The van der Waals surface area contributed by atoms with Crippen molar-refractivity contribution in [3.05, 3.63) is 0 Å². The molecule has 0 heterocycles. The van der Waals surface area contributed by atoms with Gasteiger partial charge in [0.15, 0.2) is 0 Å². The number of aliphatic hydroxyl groups is 1. The van der Waals surface area contributed by atoms with Crippen LogP contribution in [0.25, 0.3) is 0 Å². The number of hydrogen-bond acceptors (Lipinski definition) is 6. The van der Waals surface area contributed by atoms with E-state index in [1.165, 1.54) is 14.1 Å². The minimum Gasteiger partial charge on any atom is -0.748 e. The van der Waals surface area contributed by atoms with Gasteiger partial charge in [0.2, 0.25) is 0 Å². The van der Waals surface area contributed by atoms with Gasteiger partial charge in [0.05, 0.1) is 37.4 Å². The highest BCUT2D eigenvalue weighted by atomic mass is 32.2. The molecule has 0 atom stereocenters. The predicted molar refractivity (Wildman–Crippen MR) is 114 cm³/mol. The van der Waals surface area contributed by atoms with E-state index in [9.17, 15) is 96.0 Å². The fraction of sp³-hybridized carbons (Fsp3) is 1.00. The van der Waals surface area contributed by atoms with E-state index in [0.29, 0.717) is 0 Å². The van der Waals surface area contributed by atoms with Crippen molar-refractivity contribution in [2.45, 2.75) is 59.8 Å². The van der Waals surface area contributed by atoms with Gasteiger partial charge >= 0.3 is 47.0 Å². The Kier molecular flexibility index (Phi) is 12.5. The van der Waals surface area contributed by atoms with Crippen molar-refractivity contribution in [1.29, 1.82) is 0 Å². The Hall–Kier alpha value is -1.45. The number of alkyl halides is 17. The van der Waals surface area contributed by atoms with Crippen LogP contribution in [-0.2, 0) is 20.1 Å². The molecule has 0 saturated heterocycles. The van der Waals surface area contributed by atoms with Gasteiger partial charge in [-0.05, 0) is 6.42 Å². The number of rotatable bonds is 18. The average molecular weight is 750 g/mol. The Bertz CT molecular complexity index is 1240. The van der Waals surface area contributed by atoms with Crippen molar-refractivity contribution in [2.75, 3.05) is 52.6 Å². The van der Waals surface area contributed by atoms with Gasteiger partial charge in [-0.1, -0.05) is 0 Å². The Morgan fingerprint density at radius 3 is 1.31 bits per heavy atom. The zero-order valence-corrected chi connectivity index (χ0v) is 23.9. The first kappa shape index (κ1) is 43.5. The lowest BCUT2D eigenvalue weighted by molar-refractivity contribution is -0.890. The van der Waals surface area contributed by atoms with Crippen LogP contribution in [0.2, 0.25) is 0 Å². The SMILES string of the molecule is C[N+](C)(CCO)CCCN(CCCS(=O)(=O)[O-])S(=O)(=O)C(F)(F)C(F)(F)C(F)(F)C(F)(F)C(F)(F)C(F)(F)C(F)(F)C(F)(F)F. The molecule has 1 N–H and O–H groups in total. The van der Waals surface area contributed by atoms with E-state index in [0.717, 1.165) is 0 Å². The average Bonchev–Trinajstić information content (AvgIpc) is 2.80. The lowest BCUT2D eigenvalue weighted by Gasteiger charge is -2.43. The highest BCUT2D eigenvalue weighted by Crippen LogP contribution is 2.64. The Labute approximate surface area is 243 Å². The zero-order valence-electron chi connectivity index (χ0n) is 22.3. The van der Waals surface area contributed by atoms with E-state index in [-0.39, 0.29) is 11.0 Å². The van der Waals surface area contributed by atoms with Gasteiger partial charge in [-0.25, -0.2) is 16.8 Å². The Balaban J connectivity index is 7.00. The van der Waals surface area contributed by atoms with Gasteiger partial charge in [-0.2, -0.15) is 78.9 Å². The zero-order chi connectivity index (χ0) is 36.7. The smallest absolute Gasteiger partial charge is 0.460 e. The summed E-state index contributed by atoms with van der Waals surface area (Å²) >= 11 is 0. The molecule has 272 valence electrons. The molecule has 45 heavy (non-hydrogen) atoms. The Morgan fingerprint density at radius 2 is 0.956 bits per heavy atom. The van der Waals surface area contributed by atoms with Crippen LogP contribution in [0, 0.1) is 0 Å². The van der Waals surface area contributed by atoms with Crippen molar-refractivity contribution in [1.82, 2.24) is 4.31 Å². The van der Waals surface area contributed by atoms with Crippen molar-refractivity contribution in [3.63, 3.8) is 0 Å². The second kappa shape index (κ2) is 12.9. The molecule has 0 bridgehead atoms. The number of halogens is 17. The number of likely N-dealkylation sites (N-methyl/N-ethyl adjacent to an activating group) is 1. The normalized spacial score (nSPS) is 16.0. The van der Waals surface area contributed by atoms with Gasteiger partial charge in [0.25, 0.3) is 10.0 Å². The number of sulfonamides is 1. The minimum atomic E-state index is -8.99. The molecule has 0 aliphatic heterocycles. The van der Waals surface area contributed by atoms with E-state index in [1.54, 1.807) is 0 Å². The molecule has 0 amide bonds. The van der Waals surface area contributed by atoms with Crippen LogP contribution in [-0.4, -0.2) is 135 Å². The molecular weight excluding hydrogens is 727 g/mol. The monoisotopic (exact) mass is 750 g/mol. The highest BCUT2D eigenvalue weighted by Gasteiger charge is 2.96. The standard InChI is InChI=1S/C18H23F17N2O6S2/c1-37(2,8-9-38)7-3-5-36(6-4-10-44(39,40)41)45(42,43)18(34,35)16(29,30)14(25,26)12(21,22)11(19,20)13(23,24)15(27,28)17(31,32)33/h38H,3-10H2,1-2H3. The van der Waals surface area contributed by atoms with Crippen LogP contribution in [0.3, 0.4) is 0 Å². The Morgan fingerprint density at radius 1 is 0.600 bits per heavy atom. The second-order valence-corrected chi connectivity index (χ2v) is 13.4. The van der Waals surface area contributed by atoms with Crippen molar-refractivity contribution >= 4 is 20.1 Å². The van der Waals surface area contributed by atoms with E-state index >= 15 is 0 Å². The van der Waals surface area contributed by atoms with Crippen molar-refractivity contribution in [3.8, 4) is 0 Å². The maximum Gasteiger partial charge on any atom is 0.460 e. The molecule has 0 rings (SSSR count). The quantitative estimate of drug-likeness (QED) is 0.129. The summed E-state index contributed by atoms with van der Waals surface area (Å²) in [6.45, 7) is -4.45. The number of hydrogen-bond donors (Lipinski definition) is 1. The molecule has 0 fully saturated rings. The molecule has 27 heteroatoms. The lowest BCUT2D eigenvalue weighted by atomic mass is 9.91. The maximum atomic E-state index is 14.6. The van der Waals surface area contributed by atoms with Crippen LogP contribution in [0.5, 0.6) is 0 Å². The first-order valence-corrected chi connectivity index (χ1v) is 14.5. The van der Waals surface area contributed by atoms with Crippen LogP contribution in [0.4, 0.5) is 74.6 Å². The molecule has 0 aliphatic carbocycles. The molecule has 8 nitrogen and oxygen atoms in total. The first-order valence-electron chi connectivity index (χ1n) is 11.4. The van der Waals surface area contributed by atoms with Gasteiger partial charge in [-0.15, -0.1) is 0 Å². The van der Waals surface area contributed by atoms with Crippen LogP contribution in [0.15, 0.2) is 0 Å². The lowest BCUT2D eigenvalue weighted by Crippen LogP contribution is -2.75. The third-order valence-electron chi connectivity index (χ3n) is 6.04. The minimum absolute atomic E-state index is 0.164. The largest absolute Gasteiger partial charge is 0.748 e. The van der Waals surface area contributed by atoms with Gasteiger partial charge in [-0.3, -0.25) is 0 Å². The topological polar surface area (TPSA) is 115 Å². The number of quaternary nitrogens is 1. The van der Waals surface area contributed by atoms with Crippen LogP contribution < -0.4 is 0 Å². The summed E-state index contributed by atoms with van der Waals surface area (Å²) in [7, 11) is -10.4. The molecule has 0 aromatic rings. The summed E-state index contributed by atoms with van der Waals surface area (Å²) in [4.78, 5) is 0. The summed E-state index contributed by atoms with van der Waals surface area (Å²) in [6.07, 6.45) is -10.1. The second-order valence-electron chi connectivity index (χ2n) is 9.94. The molecule has 0 radical (unpaired) electrons. The maximum absolute atomic E-state index is 14.6. The van der Waals surface area contributed by atoms with Gasteiger partial charge in [0, 0.05) is 25.3 Å². The van der Waals surface area contributed by atoms with Crippen molar-refractivity contribution < 1.29 is 106 Å². The fourth-order valence-corrected chi connectivity index (χ4v) is 5.30. The molecule has 0 unspecified atom stereocenters. The summed E-state index contributed by atoms with van der Waals surface area (Å²) < 4.78 is 286. The molecule has 0 saturated carbocycles. The third-order valence-corrected chi connectivity index (χ3v) is 8.77. The predicted octanol–water partition coefficient (Wildman–Crippen LogP) is 3.98. The molecule has 0 spiro atoms. The third kappa shape index (κ3) is 7.83. The molecule has 0 aromatic heterocycles. The van der Waals surface area contributed by atoms with Crippen molar-refractivity contribution in [2.24, 2.45) is 0 Å². The summed E-state index contributed by atoms with van der Waals surface area (Å²) in [6, 6.07) is 0. The first-order chi connectivity index (χ1) is 19.4.